The summed E-state index contributed by atoms with van der Waals surface area (Å²) in [4.78, 5) is 49.0. The van der Waals surface area contributed by atoms with E-state index in [0.717, 1.165) is 22.2 Å². The van der Waals surface area contributed by atoms with Gasteiger partial charge in [-0.1, -0.05) is 12.1 Å². The van der Waals surface area contributed by atoms with E-state index in [9.17, 15) is 19.2 Å². The minimum atomic E-state index is -1.03. The summed E-state index contributed by atoms with van der Waals surface area (Å²) in [7, 11) is 1.19. The number of ether oxygens (including phenoxy) is 3. The fraction of sp³-hybridized carbons (Fsp3) is 0.250. The summed E-state index contributed by atoms with van der Waals surface area (Å²) in [5.74, 6) is -1.30. The van der Waals surface area contributed by atoms with Crippen LogP contribution in [-0.2, 0) is 20.9 Å². The van der Waals surface area contributed by atoms with Crippen LogP contribution in [-0.4, -0.2) is 52.8 Å². The number of carboxylic acid groups (broad SMARTS) is 1. The molecule has 2 amide bonds. The van der Waals surface area contributed by atoms with Crippen LogP contribution in [0.4, 0.5) is 4.79 Å². The van der Waals surface area contributed by atoms with Crippen LogP contribution in [0.15, 0.2) is 41.3 Å². The van der Waals surface area contributed by atoms with E-state index in [1.165, 1.54) is 26.2 Å². The number of carboxylic acids is 1. The molecule has 1 heterocycles. The Bertz CT molecular complexity index is 1190. The molecule has 0 bridgehead atoms. The van der Waals surface area contributed by atoms with Crippen LogP contribution in [0.2, 0.25) is 0 Å². The second-order valence-electron chi connectivity index (χ2n) is 7.30. The molecular formula is C24H22INO8S. The average molecular weight is 611 g/mol. The number of benzene rings is 2. The van der Waals surface area contributed by atoms with E-state index >= 15 is 0 Å². The summed E-state index contributed by atoms with van der Waals surface area (Å²) >= 11 is 2.84. The predicted octanol–water partition coefficient (Wildman–Crippen LogP) is 4.56. The van der Waals surface area contributed by atoms with E-state index in [1.54, 1.807) is 30.3 Å². The molecule has 9 nitrogen and oxygen atoms in total. The molecule has 35 heavy (non-hydrogen) atoms. The molecule has 0 spiro atoms. The van der Waals surface area contributed by atoms with Gasteiger partial charge in [-0.05, 0) is 89.7 Å². The Hall–Kier alpha value is -3.06. The molecule has 3 rings (SSSR count). The fourth-order valence-corrected chi connectivity index (χ4v) is 4.90. The van der Waals surface area contributed by atoms with Crippen molar-refractivity contribution in [3.63, 3.8) is 0 Å². The van der Waals surface area contributed by atoms with Crippen LogP contribution in [0.3, 0.4) is 0 Å². The van der Waals surface area contributed by atoms with Crippen LogP contribution >= 0.6 is 34.4 Å². The minimum absolute atomic E-state index is 0.177. The van der Waals surface area contributed by atoms with Crippen molar-refractivity contribution in [2.75, 3.05) is 13.7 Å². The van der Waals surface area contributed by atoms with Crippen LogP contribution in [0.25, 0.3) is 6.08 Å². The summed E-state index contributed by atoms with van der Waals surface area (Å²) in [5.41, 5.74) is 1.59. The quantitative estimate of drug-likeness (QED) is 0.247. The predicted molar refractivity (Wildman–Crippen MR) is 137 cm³/mol. The van der Waals surface area contributed by atoms with Crippen molar-refractivity contribution in [1.82, 2.24) is 4.90 Å². The number of carbonyl (C=O) groups excluding carboxylic acids is 3. The first kappa shape index (κ1) is 26.5. The molecule has 0 aromatic heterocycles. The van der Waals surface area contributed by atoms with Gasteiger partial charge in [0.1, 0.15) is 12.6 Å². The largest absolute Gasteiger partial charge is 0.490 e. The first-order chi connectivity index (χ1) is 16.7. The molecule has 1 aliphatic heterocycles. The summed E-state index contributed by atoms with van der Waals surface area (Å²) < 4.78 is 17.1. The van der Waals surface area contributed by atoms with Gasteiger partial charge in [-0.15, -0.1) is 0 Å². The molecule has 0 saturated carbocycles. The normalized spacial score (nSPS) is 15.3. The molecule has 0 radical (unpaired) electrons. The van der Waals surface area contributed by atoms with E-state index in [0.29, 0.717) is 27.2 Å². The third-order valence-corrected chi connectivity index (χ3v) is 6.65. The summed E-state index contributed by atoms with van der Waals surface area (Å²) in [6, 6.07) is 8.82. The zero-order valence-electron chi connectivity index (χ0n) is 19.1. The van der Waals surface area contributed by atoms with Gasteiger partial charge in [0.05, 0.1) is 27.8 Å². The van der Waals surface area contributed by atoms with E-state index < -0.39 is 29.1 Å². The smallest absolute Gasteiger partial charge is 0.335 e. The number of carbonyl (C=O) groups is 4. The molecule has 0 unspecified atom stereocenters. The Morgan fingerprint density at radius 1 is 1.17 bits per heavy atom. The minimum Gasteiger partial charge on any atom is -0.490 e. The lowest BCUT2D eigenvalue weighted by atomic mass is 10.1. The van der Waals surface area contributed by atoms with Crippen molar-refractivity contribution in [2.24, 2.45) is 0 Å². The maximum Gasteiger partial charge on any atom is 0.335 e. The number of imide groups is 1. The highest BCUT2D eigenvalue weighted by atomic mass is 127. The van der Waals surface area contributed by atoms with Crippen molar-refractivity contribution in [1.29, 1.82) is 0 Å². The fourth-order valence-electron chi connectivity index (χ4n) is 3.21. The van der Waals surface area contributed by atoms with Gasteiger partial charge in [-0.3, -0.25) is 14.5 Å². The average Bonchev–Trinajstić information content (AvgIpc) is 3.10. The molecule has 1 atom stereocenters. The third kappa shape index (κ3) is 6.14. The van der Waals surface area contributed by atoms with Crippen molar-refractivity contribution < 1.29 is 38.5 Å². The van der Waals surface area contributed by atoms with Crippen molar-refractivity contribution in [3.05, 3.63) is 61.6 Å². The molecule has 1 N–H and O–H groups in total. The second kappa shape index (κ2) is 11.6. The number of thioether (sulfide) groups is 1. The van der Waals surface area contributed by atoms with Crippen molar-refractivity contribution in [2.45, 2.75) is 26.5 Å². The van der Waals surface area contributed by atoms with Crippen LogP contribution in [0, 0.1) is 3.57 Å². The number of aromatic carboxylic acids is 1. The number of amides is 2. The second-order valence-corrected chi connectivity index (χ2v) is 9.46. The van der Waals surface area contributed by atoms with E-state index in [-0.39, 0.29) is 17.1 Å². The number of hydrogen-bond acceptors (Lipinski definition) is 8. The highest BCUT2D eigenvalue weighted by Gasteiger charge is 2.41. The zero-order valence-corrected chi connectivity index (χ0v) is 22.0. The van der Waals surface area contributed by atoms with Gasteiger partial charge in [0.2, 0.25) is 0 Å². The van der Waals surface area contributed by atoms with Crippen molar-refractivity contribution >= 4 is 63.5 Å². The van der Waals surface area contributed by atoms with Gasteiger partial charge < -0.3 is 19.3 Å². The lowest BCUT2D eigenvalue weighted by Gasteiger charge is -2.18. The van der Waals surface area contributed by atoms with E-state index in [2.05, 4.69) is 27.3 Å². The van der Waals surface area contributed by atoms with Gasteiger partial charge >= 0.3 is 11.9 Å². The Labute approximate surface area is 219 Å². The highest BCUT2D eigenvalue weighted by Crippen LogP contribution is 2.38. The summed E-state index contributed by atoms with van der Waals surface area (Å²) in [5, 5.41) is 8.49. The molecule has 1 aliphatic rings. The third-order valence-electron chi connectivity index (χ3n) is 4.97. The summed E-state index contributed by atoms with van der Waals surface area (Å²) in [6.45, 7) is 3.83. The Morgan fingerprint density at radius 2 is 1.86 bits per heavy atom. The Balaban J connectivity index is 1.84. The number of methoxy groups -OCH3 is 1. The van der Waals surface area contributed by atoms with Gasteiger partial charge in [0.15, 0.2) is 11.5 Å². The molecule has 1 saturated heterocycles. The molecule has 11 heteroatoms. The number of esters is 1. The lowest BCUT2D eigenvalue weighted by Crippen LogP contribution is -2.42. The SMILES string of the molecule is CCOc1cc(/C=C2/SC(=O)N([C@H](C)C(=O)OC)C2=O)cc(I)c1OCc1ccc(C(=O)O)cc1. The molecular weight excluding hydrogens is 589 g/mol. The highest BCUT2D eigenvalue weighted by molar-refractivity contribution is 14.1. The van der Waals surface area contributed by atoms with E-state index in [4.69, 9.17) is 14.6 Å². The van der Waals surface area contributed by atoms with Gasteiger partial charge in [-0.25, -0.2) is 9.59 Å². The number of hydrogen-bond donors (Lipinski definition) is 1. The monoisotopic (exact) mass is 611 g/mol. The van der Waals surface area contributed by atoms with Crippen LogP contribution in [0.1, 0.15) is 35.3 Å². The molecule has 2 aromatic rings. The van der Waals surface area contributed by atoms with Crippen LogP contribution < -0.4 is 9.47 Å². The number of nitrogens with zero attached hydrogens (tertiary/aromatic N) is 1. The first-order valence-corrected chi connectivity index (χ1v) is 12.3. The zero-order chi connectivity index (χ0) is 25.7. The van der Waals surface area contributed by atoms with Crippen LogP contribution in [0.5, 0.6) is 11.5 Å². The molecule has 0 aliphatic carbocycles. The standard InChI is InChI=1S/C24H22INO8S/c1-4-33-18-10-15(11-19-21(27)26(24(31)35-19)13(2)23(30)32-3)9-17(25)20(18)34-12-14-5-7-16(8-6-14)22(28)29/h5-11,13H,4,12H2,1-3H3,(H,28,29)/b19-11+/t13-/m1/s1. The maximum atomic E-state index is 12.8. The number of halogens is 1. The Kier molecular flexibility index (Phi) is 8.78. The van der Waals surface area contributed by atoms with E-state index in [1.807, 2.05) is 6.92 Å². The van der Waals surface area contributed by atoms with Gasteiger partial charge in [0, 0.05) is 0 Å². The Morgan fingerprint density at radius 3 is 2.46 bits per heavy atom. The summed E-state index contributed by atoms with van der Waals surface area (Å²) in [6.07, 6.45) is 1.56. The number of rotatable bonds is 9. The maximum absolute atomic E-state index is 12.8. The van der Waals surface area contributed by atoms with Crippen molar-refractivity contribution in [3.8, 4) is 11.5 Å². The van der Waals surface area contributed by atoms with Gasteiger partial charge in [-0.2, -0.15) is 0 Å². The molecule has 1 fully saturated rings. The van der Waals surface area contributed by atoms with Gasteiger partial charge in [0.25, 0.3) is 11.1 Å². The first-order valence-electron chi connectivity index (χ1n) is 10.4. The molecule has 2 aromatic carbocycles. The molecule has 184 valence electrons. The lowest BCUT2D eigenvalue weighted by molar-refractivity contribution is -0.148. The topological polar surface area (TPSA) is 119 Å².